The second-order valence-electron chi connectivity index (χ2n) is 6.94. The minimum absolute atomic E-state index is 0.0561. The molecule has 1 aliphatic carbocycles. The molecule has 0 bridgehead atoms. The summed E-state index contributed by atoms with van der Waals surface area (Å²) in [5.41, 5.74) is 2.62. The van der Waals surface area contributed by atoms with Gasteiger partial charge in [-0.1, -0.05) is 36.0 Å². The van der Waals surface area contributed by atoms with E-state index < -0.39 is 23.6 Å². The molecule has 0 aromatic heterocycles. The van der Waals surface area contributed by atoms with Crippen LogP contribution in [0.4, 0.5) is 0 Å². The van der Waals surface area contributed by atoms with E-state index >= 15 is 0 Å². The van der Waals surface area contributed by atoms with E-state index in [0.29, 0.717) is 12.8 Å². The Morgan fingerprint density at radius 3 is 2.44 bits per heavy atom. The third kappa shape index (κ3) is 4.69. The molecule has 0 amide bonds. The number of ether oxygens (including phenoxy) is 1. The Hall–Kier alpha value is -2.14. The summed E-state index contributed by atoms with van der Waals surface area (Å²) in [6.45, 7) is 7.78. The average molecular weight is 346 g/mol. The normalized spacial score (nSPS) is 35.2. The maximum absolute atomic E-state index is 11.9. The van der Waals surface area contributed by atoms with Gasteiger partial charge < -0.3 is 14.9 Å². The van der Waals surface area contributed by atoms with E-state index in [-0.39, 0.29) is 17.6 Å². The number of carboxylic acid groups (broad SMARTS) is 1. The zero-order valence-corrected chi connectivity index (χ0v) is 14.9. The zero-order valence-electron chi connectivity index (χ0n) is 14.9. The van der Waals surface area contributed by atoms with Gasteiger partial charge in [-0.2, -0.15) is 0 Å². The van der Waals surface area contributed by atoms with Gasteiger partial charge in [0, 0.05) is 17.6 Å². The number of carbonyl (C=O) groups excluding carboxylic acids is 1. The van der Waals surface area contributed by atoms with Crippen molar-refractivity contribution in [1.29, 1.82) is 0 Å². The lowest BCUT2D eigenvalue weighted by atomic mass is 9.85. The molecule has 1 aliphatic heterocycles. The van der Waals surface area contributed by atoms with Gasteiger partial charge in [0.05, 0.1) is 5.92 Å². The second kappa shape index (κ2) is 7.83. The third-order valence-corrected chi connectivity index (χ3v) is 4.88. The van der Waals surface area contributed by atoms with E-state index in [9.17, 15) is 19.8 Å². The number of carboxylic acids is 1. The summed E-state index contributed by atoms with van der Waals surface area (Å²) in [6.07, 6.45) is 9.04. The van der Waals surface area contributed by atoms with E-state index in [0.717, 1.165) is 24.8 Å². The first kappa shape index (κ1) is 19.2. The second-order valence-corrected chi connectivity index (χ2v) is 6.94. The van der Waals surface area contributed by atoms with Crippen LogP contribution in [-0.4, -0.2) is 27.9 Å². The number of fused-ring (bicyclic) bond motifs is 1. The lowest BCUT2D eigenvalue weighted by Gasteiger charge is -2.27. The molecular weight excluding hydrogens is 320 g/mol. The first-order valence-electron chi connectivity index (χ1n) is 8.61. The number of aliphatic carboxylic acids is 1. The third-order valence-electron chi connectivity index (χ3n) is 4.88. The van der Waals surface area contributed by atoms with Crippen molar-refractivity contribution < 1.29 is 24.5 Å². The summed E-state index contributed by atoms with van der Waals surface area (Å²) in [4.78, 5) is 23.5. The fraction of sp³-hybridized carbons (Fsp3) is 0.500. The summed E-state index contributed by atoms with van der Waals surface area (Å²) in [7, 11) is 0. The van der Waals surface area contributed by atoms with Gasteiger partial charge in [-0.15, -0.1) is 0 Å². The number of allylic oxidation sites excluding steroid dienone is 5. The first-order chi connectivity index (χ1) is 11.7. The van der Waals surface area contributed by atoms with Crippen molar-refractivity contribution in [1.82, 2.24) is 0 Å². The average Bonchev–Trinajstić information content (AvgIpc) is 2.73. The van der Waals surface area contributed by atoms with Crippen molar-refractivity contribution in [2.75, 3.05) is 0 Å². The van der Waals surface area contributed by atoms with Crippen molar-refractivity contribution in [3.05, 3.63) is 47.1 Å². The number of hydrogen-bond donors (Lipinski definition) is 2. The van der Waals surface area contributed by atoms with Crippen molar-refractivity contribution >= 4 is 11.9 Å². The molecule has 5 heteroatoms. The Bertz CT molecular complexity index is 668. The summed E-state index contributed by atoms with van der Waals surface area (Å²) in [6, 6.07) is 0. The van der Waals surface area contributed by atoms with Crippen LogP contribution in [0.1, 0.15) is 52.4 Å². The molecule has 1 heterocycles. The molecule has 2 N–H and O–H groups in total. The van der Waals surface area contributed by atoms with Gasteiger partial charge in [0.1, 0.15) is 0 Å². The highest BCUT2D eigenvalue weighted by Gasteiger charge is 2.51. The lowest BCUT2D eigenvalue weighted by molar-refractivity contribution is -0.201. The van der Waals surface area contributed by atoms with Gasteiger partial charge in [0.25, 0.3) is 0 Å². The molecule has 5 nitrogen and oxygen atoms in total. The predicted molar refractivity (Wildman–Crippen MR) is 94.6 cm³/mol. The Balaban J connectivity index is 2.38. The molecule has 0 spiro atoms. The number of esters is 1. The number of hydrogen-bond acceptors (Lipinski definition) is 4. The highest BCUT2D eigenvalue weighted by Crippen LogP contribution is 2.41. The minimum atomic E-state index is -1.86. The minimum Gasteiger partial charge on any atom is -0.478 e. The van der Waals surface area contributed by atoms with Gasteiger partial charge in [0.15, 0.2) is 0 Å². The summed E-state index contributed by atoms with van der Waals surface area (Å²) in [5.74, 6) is -4.27. The van der Waals surface area contributed by atoms with Crippen LogP contribution < -0.4 is 0 Å². The van der Waals surface area contributed by atoms with E-state index in [1.807, 2.05) is 19.9 Å². The molecule has 25 heavy (non-hydrogen) atoms. The number of rotatable bonds is 1. The van der Waals surface area contributed by atoms with Crippen molar-refractivity contribution in [3.8, 4) is 0 Å². The molecule has 0 radical (unpaired) electrons. The van der Waals surface area contributed by atoms with Crippen molar-refractivity contribution in [2.45, 2.75) is 58.2 Å². The van der Waals surface area contributed by atoms with E-state index in [4.69, 9.17) is 4.74 Å². The molecule has 2 atom stereocenters. The van der Waals surface area contributed by atoms with Crippen LogP contribution in [0.2, 0.25) is 0 Å². The van der Waals surface area contributed by atoms with Gasteiger partial charge >= 0.3 is 11.9 Å². The van der Waals surface area contributed by atoms with Crippen LogP contribution in [0.25, 0.3) is 0 Å². The van der Waals surface area contributed by atoms with Gasteiger partial charge in [0.2, 0.25) is 5.79 Å². The van der Waals surface area contributed by atoms with Crippen LogP contribution in [0.3, 0.4) is 0 Å². The first-order valence-corrected chi connectivity index (χ1v) is 8.61. The Kier molecular flexibility index (Phi) is 6.01. The zero-order chi connectivity index (χ0) is 18.6. The van der Waals surface area contributed by atoms with Crippen LogP contribution in [0.15, 0.2) is 47.1 Å². The molecule has 2 aliphatic rings. The highest BCUT2D eigenvalue weighted by atomic mass is 16.7. The van der Waals surface area contributed by atoms with E-state index in [2.05, 4.69) is 12.7 Å². The molecule has 0 saturated carbocycles. The van der Waals surface area contributed by atoms with Crippen molar-refractivity contribution in [3.63, 3.8) is 0 Å². The largest absolute Gasteiger partial charge is 0.478 e. The summed E-state index contributed by atoms with van der Waals surface area (Å²) in [5, 5.41) is 20.3. The Morgan fingerprint density at radius 1 is 1.20 bits per heavy atom. The molecule has 1 fully saturated rings. The number of carbonyl (C=O) groups is 2. The smallest absolute Gasteiger partial charge is 0.336 e. The highest BCUT2D eigenvalue weighted by molar-refractivity contribution is 5.92. The fourth-order valence-electron chi connectivity index (χ4n) is 3.25. The molecule has 2 rings (SSSR count). The molecular formula is C20H26O5. The van der Waals surface area contributed by atoms with E-state index in [1.54, 1.807) is 6.08 Å². The van der Waals surface area contributed by atoms with Crippen LogP contribution in [0.5, 0.6) is 0 Å². The van der Waals surface area contributed by atoms with Crippen molar-refractivity contribution in [2.24, 2.45) is 5.92 Å². The van der Waals surface area contributed by atoms with Crippen LogP contribution >= 0.6 is 0 Å². The Labute approximate surface area is 148 Å². The van der Waals surface area contributed by atoms with Crippen LogP contribution in [0, 0.1) is 5.92 Å². The monoisotopic (exact) mass is 346 g/mol. The number of aliphatic hydroxyl groups is 1. The predicted octanol–water partition coefficient (Wildman–Crippen LogP) is 3.66. The van der Waals surface area contributed by atoms with Crippen LogP contribution in [-0.2, 0) is 14.3 Å². The summed E-state index contributed by atoms with van der Waals surface area (Å²) >= 11 is 0. The molecule has 1 saturated heterocycles. The Morgan fingerprint density at radius 2 is 1.80 bits per heavy atom. The maximum atomic E-state index is 11.9. The standard InChI is InChI=1S/C20H26O5/c1-13-6-4-7-14(2)10-11-17-15(3)19(23)25-20(17,24)12-16(18(21)22)9-5-8-13/h6,9-10,17,24H,3-5,7-8,11-12H2,1-2H3,(H,21,22)/b13-6+,14-10+,16-9+/t17-,20+/m0/s1. The maximum Gasteiger partial charge on any atom is 0.336 e. The molecule has 0 aromatic carbocycles. The molecule has 0 unspecified atom stereocenters. The topological polar surface area (TPSA) is 83.8 Å². The van der Waals surface area contributed by atoms with Gasteiger partial charge in [-0.25, -0.2) is 9.59 Å². The van der Waals surface area contributed by atoms with Gasteiger partial charge in [-0.05, 0) is 46.0 Å². The fourth-order valence-corrected chi connectivity index (χ4v) is 3.25. The lowest BCUT2D eigenvalue weighted by Crippen LogP contribution is -2.37. The SMILES string of the molecule is C=C1C(=O)O[C@]2(O)C/C(C(=O)O)=C\CC/C(C)=C/CC/C(C)=C/C[C@@H]12. The molecule has 136 valence electrons. The summed E-state index contributed by atoms with van der Waals surface area (Å²) < 4.78 is 5.13. The van der Waals surface area contributed by atoms with E-state index in [1.165, 1.54) is 5.57 Å². The quantitative estimate of drug-likeness (QED) is 0.430. The van der Waals surface area contributed by atoms with Gasteiger partial charge in [-0.3, -0.25) is 0 Å². The molecule has 0 aromatic rings.